The van der Waals surface area contributed by atoms with Crippen LogP contribution in [0.2, 0.25) is 0 Å². The number of thiol groups is 1. The highest BCUT2D eigenvalue weighted by Crippen LogP contribution is 2.58. The van der Waals surface area contributed by atoms with Gasteiger partial charge in [0.1, 0.15) is 0 Å². The van der Waals surface area contributed by atoms with E-state index in [4.69, 9.17) is 41.4 Å². The number of rotatable bonds is 5. The monoisotopic (exact) mass is 675 g/mol. The van der Waals surface area contributed by atoms with E-state index in [1.165, 1.54) is 66.5 Å². The Balaban J connectivity index is 1.51. The minimum atomic E-state index is -0.461. The third-order valence-electron chi connectivity index (χ3n) is 14.1. The van der Waals surface area contributed by atoms with Crippen LogP contribution in [-0.4, -0.2) is 28.6 Å². The van der Waals surface area contributed by atoms with Crippen molar-refractivity contribution < 1.29 is 0 Å². The number of hydrogen-bond donors (Lipinski definition) is 4. The molecule has 4 nitrogen and oxygen atoms in total. The Hall–Kier alpha value is -1.56. The number of nitrogens with two attached hydrogens (primary N) is 3. The van der Waals surface area contributed by atoms with E-state index in [9.17, 15) is 0 Å². The highest BCUT2D eigenvalue weighted by Gasteiger charge is 2.55. The van der Waals surface area contributed by atoms with Crippen LogP contribution in [0, 0.1) is 40.9 Å². The van der Waals surface area contributed by atoms with Gasteiger partial charge in [-0.15, -0.1) is 0 Å². The normalized spacial score (nSPS) is 44.0. The van der Waals surface area contributed by atoms with Crippen LogP contribution < -0.4 is 17.2 Å². The Morgan fingerprint density at radius 3 is 2.35 bits per heavy atom. The van der Waals surface area contributed by atoms with E-state index in [1.54, 1.807) is 0 Å². The van der Waals surface area contributed by atoms with Crippen LogP contribution in [0.15, 0.2) is 63.9 Å². The minimum Gasteiger partial charge on any atom is -0.402 e. The molecule has 0 heterocycles. The van der Waals surface area contributed by atoms with E-state index in [0.717, 1.165) is 68.9 Å². The Morgan fingerprint density at radius 1 is 1.02 bits per heavy atom. The average molecular weight is 675 g/mol. The number of nitrogens with zero attached hydrogens (tertiary/aromatic N) is 1. The molecule has 48 heavy (non-hydrogen) atoms. The summed E-state index contributed by atoms with van der Waals surface area (Å²) in [5.74, 6) is 3.06. The molecule has 0 saturated heterocycles. The van der Waals surface area contributed by atoms with E-state index >= 15 is 0 Å². The summed E-state index contributed by atoms with van der Waals surface area (Å²) in [6.07, 6.45) is 25.9. The predicted octanol–water partition coefficient (Wildman–Crippen LogP) is 10.0. The summed E-state index contributed by atoms with van der Waals surface area (Å²) in [6, 6.07) is 0. The van der Waals surface area contributed by atoms with Crippen LogP contribution in [0.1, 0.15) is 138 Å². The lowest BCUT2D eigenvalue weighted by molar-refractivity contribution is 0.0478. The molecule has 5 aliphatic carbocycles. The zero-order valence-corrected chi connectivity index (χ0v) is 32.6. The average Bonchev–Trinajstić information content (AvgIpc) is 3.35. The number of allylic oxidation sites excluding steroid dienone is 6. The van der Waals surface area contributed by atoms with Gasteiger partial charge in [0.2, 0.25) is 0 Å². The predicted molar refractivity (Wildman–Crippen MR) is 211 cm³/mol. The molecular weight excluding hydrogens is 605 g/mol. The molecule has 0 aromatic rings. The molecule has 268 valence electrons. The molecule has 0 radical (unpaired) electrons. The van der Waals surface area contributed by atoms with Crippen molar-refractivity contribution in [3.8, 4) is 0 Å². The number of aliphatic imine (C=N–C) groups is 1. The van der Waals surface area contributed by atoms with Gasteiger partial charge in [-0.2, -0.15) is 12.6 Å². The highest BCUT2D eigenvalue weighted by atomic mass is 32.1. The third kappa shape index (κ3) is 7.69. The third-order valence-corrected chi connectivity index (χ3v) is 15.0. The van der Waals surface area contributed by atoms with E-state index in [1.807, 2.05) is 7.05 Å². The summed E-state index contributed by atoms with van der Waals surface area (Å²) < 4.78 is -0.350. The van der Waals surface area contributed by atoms with Crippen molar-refractivity contribution in [3.63, 3.8) is 0 Å². The zero-order valence-electron chi connectivity index (χ0n) is 31.7. The van der Waals surface area contributed by atoms with E-state index in [0.29, 0.717) is 18.3 Å². The van der Waals surface area contributed by atoms with Crippen molar-refractivity contribution in [2.45, 2.75) is 154 Å². The molecule has 5 aliphatic rings. The van der Waals surface area contributed by atoms with Crippen molar-refractivity contribution >= 4 is 18.3 Å². The quantitative estimate of drug-likeness (QED) is 0.173. The van der Waals surface area contributed by atoms with Crippen LogP contribution in [0.3, 0.4) is 0 Å². The second-order valence-corrected chi connectivity index (χ2v) is 18.9. The maximum atomic E-state index is 7.69. The van der Waals surface area contributed by atoms with Gasteiger partial charge < -0.3 is 17.2 Å². The van der Waals surface area contributed by atoms with Crippen molar-refractivity contribution in [2.75, 3.05) is 7.05 Å². The molecule has 0 aliphatic heterocycles. The van der Waals surface area contributed by atoms with Gasteiger partial charge >= 0.3 is 0 Å². The molecule has 0 spiro atoms. The van der Waals surface area contributed by atoms with Gasteiger partial charge in [0.05, 0.1) is 4.75 Å². The lowest BCUT2D eigenvalue weighted by Crippen LogP contribution is -2.61. The molecular formula is C43H70N4S. The first kappa shape index (κ1) is 37.7. The molecule has 3 fully saturated rings. The fraction of sp³-hybridized carbons (Fsp3) is 0.744. The standard InChI is InChI=1S/C43H70N4S/c1-28-14-12-13-17-35-18-19-36-39(47-8)30(3)22-37(43(35,36)48)31(4)23-41(45)25-40(7,26-42(46,27-41)24-38(44)33(28)6)21-20-29(2)32(5)34-15-10-9-11-16-34/h12-13,17,22,28-29,32,34,36-37,48H,4,9-11,14-16,18-21,23-27,44-46H2,1-3,5-8H3/b13-12+,35-17+,38-33-,47-39?/t28-,29?,32-,36+,37-,40-,41-,42+,43?/m0/s1. The maximum Gasteiger partial charge on any atom is 0.0524 e. The maximum absolute atomic E-state index is 7.69. The van der Waals surface area contributed by atoms with Gasteiger partial charge in [-0.05, 0) is 106 Å². The van der Waals surface area contributed by atoms with Crippen molar-refractivity contribution in [2.24, 2.45) is 63.1 Å². The lowest BCUT2D eigenvalue weighted by Gasteiger charge is -2.54. The van der Waals surface area contributed by atoms with E-state index < -0.39 is 11.1 Å². The second kappa shape index (κ2) is 14.6. The van der Waals surface area contributed by atoms with Crippen molar-refractivity contribution in [1.29, 1.82) is 0 Å². The molecule has 5 heteroatoms. The topological polar surface area (TPSA) is 90.4 Å². The molecule has 9 atom stereocenters. The summed E-state index contributed by atoms with van der Waals surface area (Å²) in [5, 5.41) is 0. The van der Waals surface area contributed by atoms with E-state index in [2.05, 4.69) is 65.8 Å². The van der Waals surface area contributed by atoms with Crippen LogP contribution in [0.5, 0.6) is 0 Å². The summed E-state index contributed by atoms with van der Waals surface area (Å²) >= 11 is 5.64. The van der Waals surface area contributed by atoms with Gasteiger partial charge in [-0.25, -0.2) is 0 Å². The molecule has 3 saturated carbocycles. The van der Waals surface area contributed by atoms with Crippen LogP contribution in [-0.2, 0) is 0 Å². The van der Waals surface area contributed by atoms with Crippen LogP contribution >= 0.6 is 12.6 Å². The fourth-order valence-corrected chi connectivity index (χ4v) is 12.1. The van der Waals surface area contributed by atoms with Gasteiger partial charge in [0.25, 0.3) is 0 Å². The summed E-state index contributed by atoms with van der Waals surface area (Å²) in [4.78, 5) is 4.81. The Kier molecular flexibility index (Phi) is 11.5. The molecule has 6 N–H and O–H groups in total. The van der Waals surface area contributed by atoms with Crippen molar-refractivity contribution in [1.82, 2.24) is 0 Å². The summed E-state index contributed by atoms with van der Waals surface area (Å²) in [7, 11) is 1.94. The summed E-state index contributed by atoms with van der Waals surface area (Å²) in [5.41, 5.74) is 28.6. The SMILES string of the molecule is C=C1C[C@]2(N)C[C@](C)(CCC(C)[C@H](C)C3CCCCC3)C[C@](N)(C/C(N)=C(\C)[C@@H](C)C/C=C/C=C3\CC[C@@H]4C(=NC)C(C)=C[C@@H]1C34S)C2. The fourth-order valence-electron chi connectivity index (χ4n) is 11.4. The summed E-state index contributed by atoms with van der Waals surface area (Å²) in [6.45, 7) is 19.1. The Labute approximate surface area is 300 Å². The van der Waals surface area contributed by atoms with Gasteiger partial charge in [0.15, 0.2) is 0 Å². The molecule has 0 aromatic carbocycles. The van der Waals surface area contributed by atoms with Gasteiger partial charge in [-0.3, -0.25) is 4.99 Å². The zero-order chi connectivity index (χ0) is 35.1. The largest absolute Gasteiger partial charge is 0.402 e. The Bertz CT molecular complexity index is 1360. The second-order valence-electron chi connectivity index (χ2n) is 18.2. The van der Waals surface area contributed by atoms with Crippen molar-refractivity contribution in [3.05, 3.63) is 58.9 Å². The molecule has 5 rings (SSSR count). The first-order chi connectivity index (χ1) is 22.5. The molecule has 0 aromatic heterocycles. The minimum absolute atomic E-state index is 0.0382. The smallest absolute Gasteiger partial charge is 0.0524 e. The van der Waals surface area contributed by atoms with Gasteiger partial charge in [-0.1, -0.05) is 107 Å². The highest BCUT2D eigenvalue weighted by molar-refractivity contribution is 7.82. The first-order valence-electron chi connectivity index (χ1n) is 19.5. The van der Waals surface area contributed by atoms with Gasteiger partial charge in [0, 0.05) is 47.8 Å². The number of hydrogen-bond acceptors (Lipinski definition) is 5. The molecule has 0 amide bonds. The Morgan fingerprint density at radius 2 is 1.69 bits per heavy atom. The first-order valence-corrected chi connectivity index (χ1v) is 19.9. The molecule has 2 unspecified atom stereocenters. The van der Waals surface area contributed by atoms with Crippen LogP contribution in [0.25, 0.3) is 0 Å². The van der Waals surface area contributed by atoms with E-state index in [-0.39, 0.29) is 22.0 Å². The lowest BCUT2D eigenvalue weighted by atomic mass is 9.55. The number of fused-ring (bicyclic) bond motifs is 2. The molecule has 2 bridgehead atoms. The van der Waals surface area contributed by atoms with Crippen LogP contribution in [0.4, 0.5) is 0 Å².